The predicted octanol–water partition coefficient (Wildman–Crippen LogP) is 4.58. The molecule has 2 amide bonds. The van der Waals surface area contributed by atoms with E-state index in [1.807, 2.05) is 31.2 Å². The van der Waals surface area contributed by atoms with Crippen molar-refractivity contribution in [1.29, 1.82) is 0 Å². The number of aromatic nitrogens is 1. The van der Waals surface area contributed by atoms with Gasteiger partial charge in [-0.1, -0.05) is 42.5 Å². The number of pyridine rings is 1. The summed E-state index contributed by atoms with van der Waals surface area (Å²) >= 11 is 0. The van der Waals surface area contributed by atoms with Gasteiger partial charge in [0.25, 0.3) is 0 Å². The van der Waals surface area contributed by atoms with E-state index in [0.717, 1.165) is 41.4 Å². The van der Waals surface area contributed by atoms with Crippen LogP contribution in [0.4, 0.5) is 16.3 Å². The third-order valence-electron chi connectivity index (χ3n) is 5.37. The van der Waals surface area contributed by atoms with Gasteiger partial charge in [-0.05, 0) is 49.8 Å². The first kappa shape index (κ1) is 17.3. The number of aryl methyl sites for hydroxylation is 1. The first-order valence-electron chi connectivity index (χ1n) is 9.38. The van der Waals surface area contributed by atoms with E-state index in [4.69, 9.17) is 5.73 Å². The number of carbonyl (C=O) groups is 1. The van der Waals surface area contributed by atoms with E-state index >= 15 is 0 Å². The van der Waals surface area contributed by atoms with Gasteiger partial charge in [0.2, 0.25) is 0 Å². The number of hydrogen-bond acceptors (Lipinski definition) is 3. The number of carbonyl (C=O) groups excluding carboxylic acids is 1. The Kier molecular flexibility index (Phi) is 4.67. The van der Waals surface area contributed by atoms with Crippen molar-refractivity contribution in [3.8, 4) is 0 Å². The van der Waals surface area contributed by atoms with Crippen molar-refractivity contribution in [3.05, 3.63) is 65.9 Å². The third-order valence-corrected chi connectivity index (χ3v) is 5.37. The van der Waals surface area contributed by atoms with Crippen LogP contribution in [0.15, 0.2) is 54.6 Å². The number of benzene rings is 2. The molecule has 0 radical (unpaired) electrons. The summed E-state index contributed by atoms with van der Waals surface area (Å²) in [4.78, 5) is 16.8. The van der Waals surface area contributed by atoms with Crippen LogP contribution in [-0.2, 0) is 0 Å². The Morgan fingerprint density at radius 3 is 2.70 bits per heavy atom. The van der Waals surface area contributed by atoms with Crippen LogP contribution in [0.2, 0.25) is 0 Å². The summed E-state index contributed by atoms with van der Waals surface area (Å²) in [7, 11) is 0. The molecule has 0 aliphatic heterocycles. The molecule has 1 saturated carbocycles. The molecule has 2 aromatic carbocycles. The summed E-state index contributed by atoms with van der Waals surface area (Å²) in [6.07, 6.45) is 3.08. The molecule has 0 saturated heterocycles. The van der Waals surface area contributed by atoms with Crippen LogP contribution < -0.4 is 16.4 Å². The molecule has 0 unspecified atom stereocenters. The molecule has 5 heteroatoms. The highest BCUT2D eigenvalue weighted by molar-refractivity contribution is 6.03. The van der Waals surface area contributed by atoms with Crippen LogP contribution in [-0.4, -0.2) is 17.1 Å². The number of nitrogen functional groups attached to an aromatic ring is 1. The zero-order chi connectivity index (χ0) is 18.8. The van der Waals surface area contributed by atoms with Crippen molar-refractivity contribution in [2.75, 3.05) is 11.1 Å². The Hall–Kier alpha value is -3.08. The molecule has 2 atom stereocenters. The topological polar surface area (TPSA) is 80.0 Å². The molecule has 5 nitrogen and oxygen atoms in total. The molecule has 0 bridgehead atoms. The maximum Gasteiger partial charge on any atom is 0.319 e. The summed E-state index contributed by atoms with van der Waals surface area (Å²) in [6.45, 7) is 1.92. The molecule has 1 aromatic heterocycles. The number of amides is 2. The average Bonchev–Trinajstić information content (AvgIpc) is 3.11. The lowest BCUT2D eigenvalue weighted by atomic mass is 9.98. The standard InChI is InChI=1S/C22H24N4O/c1-14-18-8-5-9-20(19(18)13-21(23)24-14)26-22(27)25-17-11-10-16(12-17)15-6-3-2-4-7-15/h2-9,13,16-17H,10-12H2,1H3,(H2,23,24)(H2,25,26,27)/t16-,17+/m0/s1. The van der Waals surface area contributed by atoms with Crippen molar-refractivity contribution in [3.63, 3.8) is 0 Å². The van der Waals surface area contributed by atoms with Crippen molar-refractivity contribution in [2.45, 2.75) is 38.1 Å². The van der Waals surface area contributed by atoms with E-state index in [1.165, 1.54) is 5.56 Å². The molecular formula is C22H24N4O. The Morgan fingerprint density at radius 1 is 1.07 bits per heavy atom. The molecule has 1 aliphatic rings. The number of urea groups is 1. The normalized spacial score (nSPS) is 19.1. The highest BCUT2D eigenvalue weighted by Crippen LogP contribution is 2.34. The number of anilines is 2. The van der Waals surface area contributed by atoms with Crippen LogP contribution in [0, 0.1) is 6.92 Å². The summed E-state index contributed by atoms with van der Waals surface area (Å²) in [5.74, 6) is 0.971. The van der Waals surface area contributed by atoms with Crippen LogP contribution in [0.5, 0.6) is 0 Å². The predicted molar refractivity (Wildman–Crippen MR) is 110 cm³/mol. The maximum atomic E-state index is 12.6. The Balaban J connectivity index is 1.44. The van der Waals surface area contributed by atoms with Gasteiger partial charge in [-0.15, -0.1) is 0 Å². The second kappa shape index (κ2) is 7.27. The van der Waals surface area contributed by atoms with Crippen molar-refractivity contribution < 1.29 is 4.79 Å². The smallest absolute Gasteiger partial charge is 0.319 e. The quantitative estimate of drug-likeness (QED) is 0.639. The first-order valence-corrected chi connectivity index (χ1v) is 9.38. The SMILES string of the molecule is Cc1nc(N)cc2c(NC(=O)N[C@@H]3CC[C@H](c4ccccc4)C3)cccc12. The number of nitrogens with zero attached hydrogens (tertiary/aromatic N) is 1. The number of hydrogen-bond donors (Lipinski definition) is 3. The number of nitrogens with one attached hydrogen (secondary N) is 2. The summed E-state index contributed by atoms with van der Waals surface area (Å²) in [5, 5.41) is 8.01. The highest BCUT2D eigenvalue weighted by atomic mass is 16.2. The lowest BCUT2D eigenvalue weighted by Gasteiger charge is -2.16. The molecule has 1 fully saturated rings. The molecular weight excluding hydrogens is 336 g/mol. The Morgan fingerprint density at radius 2 is 1.89 bits per heavy atom. The summed E-state index contributed by atoms with van der Waals surface area (Å²) in [5.41, 5.74) is 8.85. The van der Waals surface area contributed by atoms with Crippen LogP contribution in [0.25, 0.3) is 10.8 Å². The van der Waals surface area contributed by atoms with Gasteiger partial charge in [-0.25, -0.2) is 9.78 Å². The van der Waals surface area contributed by atoms with E-state index in [2.05, 4.69) is 39.9 Å². The zero-order valence-electron chi connectivity index (χ0n) is 15.4. The Labute approximate surface area is 159 Å². The minimum atomic E-state index is -0.172. The lowest BCUT2D eigenvalue weighted by molar-refractivity contribution is 0.248. The maximum absolute atomic E-state index is 12.6. The fourth-order valence-corrected chi connectivity index (χ4v) is 4.06. The number of nitrogens with two attached hydrogens (primary N) is 1. The molecule has 27 heavy (non-hydrogen) atoms. The molecule has 1 aliphatic carbocycles. The van der Waals surface area contributed by atoms with Gasteiger partial charge >= 0.3 is 6.03 Å². The van der Waals surface area contributed by atoms with Crippen LogP contribution >= 0.6 is 0 Å². The fraction of sp³-hybridized carbons (Fsp3) is 0.273. The van der Waals surface area contributed by atoms with Gasteiger partial charge in [0.05, 0.1) is 5.69 Å². The molecule has 4 N–H and O–H groups in total. The summed E-state index contributed by atoms with van der Waals surface area (Å²) < 4.78 is 0. The van der Waals surface area contributed by atoms with Crippen LogP contribution in [0.3, 0.4) is 0 Å². The van der Waals surface area contributed by atoms with Gasteiger partial charge in [-0.3, -0.25) is 0 Å². The first-order chi connectivity index (χ1) is 13.1. The van der Waals surface area contributed by atoms with E-state index in [9.17, 15) is 4.79 Å². The molecule has 3 aromatic rings. The van der Waals surface area contributed by atoms with Gasteiger partial charge in [0, 0.05) is 22.5 Å². The number of fused-ring (bicyclic) bond motifs is 1. The van der Waals surface area contributed by atoms with Crippen molar-refractivity contribution in [1.82, 2.24) is 10.3 Å². The minimum Gasteiger partial charge on any atom is -0.384 e. The van der Waals surface area contributed by atoms with Gasteiger partial charge < -0.3 is 16.4 Å². The van der Waals surface area contributed by atoms with E-state index in [0.29, 0.717) is 11.7 Å². The average molecular weight is 360 g/mol. The molecule has 0 spiro atoms. The van der Waals surface area contributed by atoms with Gasteiger partial charge in [-0.2, -0.15) is 0 Å². The van der Waals surface area contributed by atoms with E-state index in [-0.39, 0.29) is 12.1 Å². The second-order valence-electron chi connectivity index (χ2n) is 7.25. The van der Waals surface area contributed by atoms with E-state index in [1.54, 1.807) is 6.07 Å². The largest absolute Gasteiger partial charge is 0.384 e. The lowest BCUT2D eigenvalue weighted by Crippen LogP contribution is -2.36. The monoisotopic (exact) mass is 360 g/mol. The number of rotatable bonds is 3. The van der Waals surface area contributed by atoms with E-state index < -0.39 is 0 Å². The molecule has 4 rings (SSSR count). The minimum absolute atomic E-state index is 0.172. The highest BCUT2D eigenvalue weighted by Gasteiger charge is 2.27. The Bertz CT molecular complexity index is 971. The second-order valence-corrected chi connectivity index (χ2v) is 7.25. The van der Waals surface area contributed by atoms with Crippen molar-refractivity contribution in [2.24, 2.45) is 0 Å². The zero-order valence-corrected chi connectivity index (χ0v) is 15.4. The fourth-order valence-electron chi connectivity index (χ4n) is 4.06. The molecule has 1 heterocycles. The third kappa shape index (κ3) is 3.72. The van der Waals surface area contributed by atoms with Crippen molar-refractivity contribution >= 4 is 28.3 Å². The van der Waals surface area contributed by atoms with Gasteiger partial charge in [0.1, 0.15) is 5.82 Å². The molecule has 138 valence electrons. The summed E-state index contributed by atoms with van der Waals surface area (Å²) in [6, 6.07) is 18.2. The van der Waals surface area contributed by atoms with Gasteiger partial charge in [0.15, 0.2) is 0 Å². The van der Waals surface area contributed by atoms with Crippen LogP contribution in [0.1, 0.15) is 36.4 Å².